The van der Waals surface area contributed by atoms with E-state index in [1.165, 1.54) is 29.6 Å². The smallest absolute Gasteiger partial charge is 0.338 e. The topological polar surface area (TPSA) is 72.9 Å². The number of ether oxygens (including phenoxy) is 2. The van der Waals surface area contributed by atoms with E-state index in [0.29, 0.717) is 10.6 Å². The summed E-state index contributed by atoms with van der Waals surface area (Å²) in [7, 11) is -2.56. The number of halogens is 1. The molecule has 0 spiro atoms. The predicted octanol–water partition coefficient (Wildman–Crippen LogP) is 4.92. The second-order valence-electron chi connectivity index (χ2n) is 6.95. The van der Waals surface area contributed by atoms with Gasteiger partial charge in [0.25, 0.3) is 0 Å². The molecule has 0 heterocycles. The third kappa shape index (κ3) is 5.48. The van der Waals surface area contributed by atoms with Crippen molar-refractivity contribution in [2.24, 2.45) is 0 Å². The number of methoxy groups -OCH3 is 1. The van der Waals surface area contributed by atoms with Crippen LogP contribution in [0, 0.1) is 0 Å². The van der Waals surface area contributed by atoms with Gasteiger partial charge in [-0.2, -0.15) is 4.31 Å². The first kappa shape index (κ1) is 23.8. The molecule has 0 aliphatic carbocycles. The number of carbonyl (C=O) groups is 1. The van der Waals surface area contributed by atoms with Gasteiger partial charge in [-0.25, -0.2) is 13.2 Å². The van der Waals surface area contributed by atoms with E-state index in [0.717, 1.165) is 5.56 Å². The van der Waals surface area contributed by atoms with Crippen molar-refractivity contribution < 1.29 is 22.7 Å². The molecule has 0 amide bonds. The molecule has 0 bridgehead atoms. The fraction of sp³-hybridized carbons (Fsp3) is 0.208. The Bertz CT molecular complexity index is 1180. The highest BCUT2D eigenvalue weighted by Gasteiger charge is 2.28. The lowest BCUT2D eigenvalue weighted by molar-refractivity contribution is 0.0472. The van der Waals surface area contributed by atoms with Crippen molar-refractivity contribution in [2.45, 2.75) is 25.0 Å². The molecule has 8 heteroatoms. The van der Waals surface area contributed by atoms with Crippen LogP contribution in [0.4, 0.5) is 0 Å². The summed E-state index contributed by atoms with van der Waals surface area (Å²) in [5.41, 5.74) is 1.61. The lowest BCUT2D eigenvalue weighted by Gasteiger charge is -2.22. The first-order chi connectivity index (χ1) is 15.4. The number of hydrogen-bond donors (Lipinski definition) is 0. The highest BCUT2D eigenvalue weighted by molar-refractivity contribution is 7.89. The van der Waals surface area contributed by atoms with Gasteiger partial charge in [-0.15, -0.1) is 0 Å². The van der Waals surface area contributed by atoms with Crippen LogP contribution in [0.2, 0.25) is 5.02 Å². The van der Waals surface area contributed by atoms with Crippen molar-refractivity contribution in [1.82, 2.24) is 4.31 Å². The van der Waals surface area contributed by atoms with Crippen LogP contribution in [0.25, 0.3) is 0 Å². The molecule has 0 saturated heterocycles. The summed E-state index contributed by atoms with van der Waals surface area (Å²) in [6.45, 7) is 2.18. The van der Waals surface area contributed by atoms with Crippen molar-refractivity contribution in [3.05, 3.63) is 94.5 Å². The Balaban J connectivity index is 1.87. The number of esters is 1. The van der Waals surface area contributed by atoms with Gasteiger partial charge in [-0.05, 0) is 29.8 Å². The molecule has 3 rings (SSSR count). The fourth-order valence-corrected chi connectivity index (χ4v) is 4.95. The number of nitrogens with zero attached hydrogens (tertiary/aromatic N) is 1. The molecule has 0 aliphatic heterocycles. The molecule has 3 aromatic carbocycles. The third-order valence-electron chi connectivity index (χ3n) is 4.89. The summed E-state index contributed by atoms with van der Waals surface area (Å²) in [4.78, 5) is 12.5. The zero-order valence-corrected chi connectivity index (χ0v) is 19.4. The van der Waals surface area contributed by atoms with E-state index in [1.54, 1.807) is 31.2 Å². The average Bonchev–Trinajstić information content (AvgIpc) is 2.82. The second kappa shape index (κ2) is 10.6. The van der Waals surface area contributed by atoms with Crippen LogP contribution >= 0.6 is 11.6 Å². The largest absolute Gasteiger partial charge is 0.495 e. The molecule has 0 fully saturated rings. The zero-order chi connectivity index (χ0) is 23.1. The van der Waals surface area contributed by atoms with Crippen LogP contribution in [-0.2, 0) is 27.9 Å². The van der Waals surface area contributed by atoms with E-state index in [4.69, 9.17) is 21.1 Å². The van der Waals surface area contributed by atoms with Gasteiger partial charge in [0, 0.05) is 23.7 Å². The fourth-order valence-electron chi connectivity index (χ4n) is 3.14. The minimum atomic E-state index is -3.94. The lowest BCUT2D eigenvalue weighted by Crippen LogP contribution is -2.31. The second-order valence-corrected chi connectivity index (χ2v) is 9.26. The first-order valence-electron chi connectivity index (χ1n) is 9.99. The zero-order valence-electron chi connectivity index (χ0n) is 17.8. The Hall–Kier alpha value is -2.87. The summed E-state index contributed by atoms with van der Waals surface area (Å²) in [5, 5.41) is 0.484. The molecular weight excluding hydrogens is 450 g/mol. The molecule has 168 valence electrons. The number of carbonyl (C=O) groups excluding carboxylic acids is 1. The number of hydrogen-bond acceptors (Lipinski definition) is 5. The highest BCUT2D eigenvalue weighted by atomic mass is 35.5. The lowest BCUT2D eigenvalue weighted by atomic mass is 10.2. The molecule has 6 nitrogen and oxygen atoms in total. The maximum atomic E-state index is 13.4. The SMILES string of the molecule is CCN(Cc1ccccc1)S(=O)(=O)c1cc(C(=O)OCc2ccccc2Cl)ccc1OC. The van der Waals surface area contributed by atoms with E-state index in [2.05, 4.69) is 0 Å². The predicted molar refractivity (Wildman–Crippen MR) is 123 cm³/mol. The molecule has 3 aromatic rings. The summed E-state index contributed by atoms with van der Waals surface area (Å²) in [6, 6.07) is 20.5. The minimum absolute atomic E-state index is 0.0261. The van der Waals surface area contributed by atoms with E-state index in [-0.39, 0.29) is 35.9 Å². The highest BCUT2D eigenvalue weighted by Crippen LogP contribution is 2.29. The van der Waals surface area contributed by atoms with Crippen molar-refractivity contribution in [3.8, 4) is 5.75 Å². The summed E-state index contributed by atoms with van der Waals surface area (Å²) in [6.07, 6.45) is 0. The average molecular weight is 474 g/mol. The first-order valence-corrected chi connectivity index (χ1v) is 11.8. The third-order valence-corrected chi connectivity index (χ3v) is 7.20. The van der Waals surface area contributed by atoms with Gasteiger partial charge in [0.15, 0.2) is 0 Å². The van der Waals surface area contributed by atoms with Crippen LogP contribution in [0.15, 0.2) is 77.7 Å². The quantitative estimate of drug-likeness (QED) is 0.412. The van der Waals surface area contributed by atoms with Crippen LogP contribution in [-0.4, -0.2) is 32.3 Å². The molecule has 0 radical (unpaired) electrons. The van der Waals surface area contributed by atoms with Crippen molar-refractivity contribution in [1.29, 1.82) is 0 Å². The number of benzene rings is 3. The summed E-state index contributed by atoms with van der Waals surface area (Å²) in [5.74, 6) is -0.505. The Kier molecular flexibility index (Phi) is 7.90. The molecule has 0 N–H and O–H groups in total. The summed E-state index contributed by atoms with van der Waals surface area (Å²) < 4.78 is 38.8. The summed E-state index contributed by atoms with van der Waals surface area (Å²) >= 11 is 6.10. The van der Waals surface area contributed by atoms with Crippen molar-refractivity contribution in [3.63, 3.8) is 0 Å². The molecule has 0 aliphatic rings. The van der Waals surface area contributed by atoms with Crippen LogP contribution < -0.4 is 4.74 Å². The van der Waals surface area contributed by atoms with Gasteiger partial charge in [-0.1, -0.05) is 67.1 Å². The van der Waals surface area contributed by atoms with Crippen molar-refractivity contribution in [2.75, 3.05) is 13.7 Å². The minimum Gasteiger partial charge on any atom is -0.495 e. The van der Waals surface area contributed by atoms with Crippen LogP contribution in [0.1, 0.15) is 28.4 Å². The Morgan fingerprint density at radius 3 is 2.34 bits per heavy atom. The number of sulfonamides is 1. The van der Waals surface area contributed by atoms with E-state index in [1.807, 2.05) is 30.3 Å². The Labute approximate surface area is 193 Å². The van der Waals surface area contributed by atoms with Gasteiger partial charge in [0.2, 0.25) is 10.0 Å². The Morgan fingerprint density at radius 2 is 1.69 bits per heavy atom. The van der Waals surface area contributed by atoms with Crippen LogP contribution in [0.5, 0.6) is 5.75 Å². The molecule has 0 saturated carbocycles. The van der Waals surface area contributed by atoms with E-state index >= 15 is 0 Å². The maximum Gasteiger partial charge on any atom is 0.338 e. The van der Waals surface area contributed by atoms with Gasteiger partial charge in [0.05, 0.1) is 12.7 Å². The van der Waals surface area contributed by atoms with E-state index < -0.39 is 16.0 Å². The standard InChI is InChI=1S/C24H24ClNO5S/c1-3-26(16-18-9-5-4-6-10-18)32(28,29)23-15-19(13-14-22(23)30-2)24(27)31-17-20-11-7-8-12-21(20)25/h4-15H,3,16-17H2,1-2H3. The maximum absolute atomic E-state index is 13.4. The Morgan fingerprint density at radius 1 is 1.00 bits per heavy atom. The van der Waals surface area contributed by atoms with E-state index in [9.17, 15) is 13.2 Å². The molecule has 32 heavy (non-hydrogen) atoms. The molecule has 0 unspecified atom stereocenters. The van der Waals surface area contributed by atoms with Gasteiger partial charge in [0.1, 0.15) is 17.3 Å². The van der Waals surface area contributed by atoms with Gasteiger partial charge in [-0.3, -0.25) is 0 Å². The molecule has 0 aromatic heterocycles. The van der Waals surface area contributed by atoms with Gasteiger partial charge < -0.3 is 9.47 Å². The van der Waals surface area contributed by atoms with Crippen molar-refractivity contribution >= 4 is 27.6 Å². The van der Waals surface area contributed by atoms with Crippen LogP contribution in [0.3, 0.4) is 0 Å². The molecule has 0 atom stereocenters. The normalized spacial score (nSPS) is 11.4. The monoisotopic (exact) mass is 473 g/mol. The number of rotatable bonds is 9. The molecular formula is C24H24ClNO5S. The van der Waals surface area contributed by atoms with Gasteiger partial charge >= 0.3 is 5.97 Å².